The third-order valence-electron chi connectivity index (χ3n) is 2.72. The van der Waals surface area contributed by atoms with Gasteiger partial charge in [0, 0.05) is 12.7 Å². The van der Waals surface area contributed by atoms with Crippen molar-refractivity contribution in [1.29, 1.82) is 0 Å². The minimum absolute atomic E-state index is 0.235. The Labute approximate surface area is 103 Å². The number of carboxylic acids is 1. The highest BCUT2D eigenvalue weighted by Gasteiger charge is 2.31. The van der Waals surface area contributed by atoms with Gasteiger partial charge in [0.25, 0.3) is 0 Å². The minimum Gasteiger partial charge on any atom is -0.480 e. The van der Waals surface area contributed by atoms with Crippen molar-refractivity contribution in [3.8, 4) is 0 Å². The predicted octanol–water partition coefficient (Wildman–Crippen LogP) is 3.00. The van der Waals surface area contributed by atoms with Gasteiger partial charge in [-0.15, -0.1) is 0 Å². The van der Waals surface area contributed by atoms with Gasteiger partial charge in [-0.05, 0) is 24.6 Å². The van der Waals surface area contributed by atoms with E-state index in [4.69, 9.17) is 5.11 Å². The highest BCUT2D eigenvalue weighted by Crippen LogP contribution is 2.31. The summed E-state index contributed by atoms with van der Waals surface area (Å²) >= 11 is 0. The Morgan fingerprint density at radius 2 is 2.06 bits per heavy atom. The molecule has 0 bridgehead atoms. The molecule has 0 radical (unpaired) electrons. The van der Waals surface area contributed by atoms with Crippen LogP contribution in [0.5, 0.6) is 0 Å². The van der Waals surface area contributed by atoms with Crippen LogP contribution in [-0.4, -0.2) is 24.2 Å². The molecular formula is C12H14F3NO2. The second-order valence-electron chi connectivity index (χ2n) is 3.92. The Morgan fingerprint density at radius 1 is 1.44 bits per heavy atom. The maximum absolute atomic E-state index is 12.5. The molecule has 0 saturated heterocycles. The molecule has 1 rings (SSSR count). The summed E-state index contributed by atoms with van der Waals surface area (Å²) in [5, 5.41) is 8.97. The maximum atomic E-state index is 12.5. The predicted molar refractivity (Wildman–Crippen MR) is 61.6 cm³/mol. The van der Waals surface area contributed by atoms with Gasteiger partial charge >= 0.3 is 12.1 Å². The smallest absolute Gasteiger partial charge is 0.416 e. The molecule has 1 aromatic rings. The first-order valence-corrected chi connectivity index (χ1v) is 5.40. The summed E-state index contributed by atoms with van der Waals surface area (Å²) in [4.78, 5) is 12.3. The molecule has 0 saturated carbocycles. The highest BCUT2D eigenvalue weighted by molar-refractivity contribution is 5.78. The quantitative estimate of drug-likeness (QED) is 0.905. The zero-order valence-corrected chi connectivity index (χ0v) is 10.0. The molecule has 100 valence electrons. The van der Waals surface area contributed by atoms with E-state index in [1.165, 1.54) is 24.1 Å². The van der Waals surface area contributed by atoms with E-state index in [0.29, 0.717) is 6.42 Å². The molecule has 0 heterocycles. The first-order valence-electron chi connectivity index (χ1n) is 5.40. The normalized spacial score (nSPS) is 13.2. The molecule has 0 unspecified atom stereocenters. The van der Waals surface area contributed by atoms with Gasteiger partial charge in [0.1, 0.15) is 6.04 Å². The third-order valence-corrected chi connectivity index (χ3v) is 2.72. The Morgan fingerprint density at radius 3 is 2.50 bits per heavy atom. The fraction of sp³-hybridized carbons (Fsp3) is 0.417. The highest BCUT2D eigenvalue weighted by atomic mass is 19.4. The van der Waals surface area contributed by atoms with Crippen molar-refractivity contribution in [1.82, 2.24) is 0 Å². The van der Waals surface area contributed by atoms with Gasteiger partial charge in [0.05, 0.1) is 5.56 Å². The van der Waals surface area contributed by atoms with E-state index < -0.39 is 23.8 Å². The second kappa shape index (κ2) is 5.29. The number of rotatable bonds is 4. The van der Waals surface area contributed by atoms with Crippen molar-refractivity contribution in [3.05, 3.63) is 29.8 Å². The first kappa shape index (κ1) is 14.3. The number of benzene rings is 1. The van der Waals surface area contributed by atoms with Gasteiger partial charge in [0.15, 0.2) is 0 Å². The summed E-state index contributed by atoms with van der Waals surface area (Å²) in [6.45, 7) is 1.67. The van der Waals surface area contributed by atoms with Crippen molar-refractivity contribution in [2.24, 2.45) is 0 Å². The van der Waals surface area contributed by atoms with Crippen molar-refractivity contribution >= 4 is 11.7 Å². The lowest BCUT2D eigenvalue weighted by atomic mass is 10.1. The SMILES string of the molecule is CC[C@H](C(=O)O)N(C)c1cccc(C(F)(F)F)c1. The molecule has 0 spiro atoms. The lowest BCUT2D eigenvalue weighted by molar-refractivity contribution is -0.138. The van der Waals surface area contributed by atoms with Crippen molar-refractivity contribution in [2.45, 2.75) is 25.6 Å². The molecule has 3 nitrogen and oxygen atoms in total. The van der Waals surface area contributed by atoms with Crippen LogP contribution in [0.1, 0.15) is 18.9 Å². The number of likely N-dealkylation sites (N-methyl/N-ethyl adjacent to an activating group) is 1. The lowest BCUT2D eigenvalue weighted by Gasteiger charge is -2.26. The summed E-state index contributed by atoms with van der Waals surface area (Å²) in [6, 6.07) is 3.79. The van der Waals surface area contributed by atoms with Gasteiger partial charge in [-0.3, -0.25) is 0 Å². The number of carboxylic acid groups (broad SMARTS) is 1. The number of hydrogen-bond acceptors (Lipinski definition) is 2. The molecular weight excluding hydrogens is 247 g/mol. The standard InChI is InChI=1S/C12H14F3NO2/c1-3-10(11(17)18)16(2)9-6-4-5-8(7-9)12(13,14)15/h4-7,10H,3H2,1-2H3,(H,17,18)/t10-/m1/s1. The Bertz CT molecular complexity index is 432. The fourth-order valence-electron chi connectivity index (χ4n) is 1.70. The van der Waals surface area contributed by atoms with E-state index in [2.05, 4.69) is 0 Å². The molecule has 0 aliphatic carbocycles. The molecule has 1 N–H and O–H groups in total. The van der Waals surface area contributed by atoms with Crippen LogP contribution in [0.25, 0.3) is 0 Å². The van der Waals surface area contributed by atoms with E-state index >= 15 is 0 Å². The van der Waals surface area contributed by atoms with Crippen molar-refractivity contribution in [2.75, 3.05) is 11.9 Å². The topological polar surface area (TPSA) is 40.5 Å². The molecule has 0 aromatic heterocycles. The third kappa shape index (κ3) is 3.15. The Kier molecular flexibility index (Phi) is 4.21. The summed E-state index contributed by atoms with van der Waals surface area (Å²) in [5.74, 6) is -1.06. The molecule has 1 aromatic carbocycles. The zero-order chi connectivity index (χ0) is 13.9. The average Bonchev–Trinajstić information content (AvgIpc) is 2.28. The van der Waals surface area contributed by atoms with Crippen LogP contribution in [-0.2, 0) is 11.0 Å². The number of nitrogens with zero attached hydrogens (tertiary/aromatic N) is 1. The van der Waals surface area contributed by atoms with Crippen LogP contribution < -0.4 is 4.90 Å². The maximum Gasteiger partial charge on any atom is 0.416 e. The largest absolute Gasteiger partial charge is 0.480 e. The molecule has 0 aliphatic heterocycles. The summed E-state index contributed by atoms with van der Waals surface area (Å²) in [6.07, 6.45) is -4.12. The molecule has 1 atom stereocenters. The zero-order valence-electron chi connectivity index (χ0n) is 10.0. The van der Waals surface area contributed by atoms with Crippen LogP contribution >= 0.6 is 0 Å². The molecule has 0 amide bonds. The molecule has 6 heteroatoms. The fourth-order valence-corrected chi connectivity index (χ4v) is 1.70. The molecule has 0 aliphatic rings. The first-order chi connectivity index (χ1) is 8.27. The average molecular weight is 261 g/mol. The van der Waals surface area contributed by atoms with Gasteiger partial charge in [-0.25, -0.2) is 4.79 Å². The van der Waals surface area contributed by atoms with Gasteiger partial charge < -0.3 is 10.0 Å². The van der Waals surface area contributed by atoms with E-state index in [1.807, 2.05) is 0 Å². The van der Waals surface area contributed by atoms with E-state index in [0.717, 1.165) is 12.1 Å². The number of aliphatic carboxylic acids is 1. The summed E-state index contributed by atoms with van der Waals surface area (Å²) in [5.41, 5.74) is -0.550. The number of alkyl halides is 3. The Hall–Kier alpha value is -1.72. The van der Waals surface area contributed by atoms with Gasteiger partial charge in [-0.1, -0.05) is 13.0 Å². The minimum atomic E-state index is -4.43. The number of anilines is 1. The summed E-state index contributed by atoms with van der Waals surface area (Å²) in [7, 11) is 1.47. The number of hydrogen-bond donors (Lipinski definition) is 1. The number of carbonyl (C=O) groups is 1. The van der Waals surface area contributed by atoms with Crippen LogP contribution in [0.2, 0.25) is 0 Å². The van der Waals surface area contributed by atoms with Crippen molar-refractivity contribution in [3.63, 3.8) is 0 Å². The van der Waals surface area contributed by atoms with E-state index in [1.54, 1.807) is 6.92 Å². The lowest BCUT2D eigenvalue weighted by Crippen LogP contribution is -2.38. The van der Waals surface area contributed by atoms with Crippen LogP contribution in [0.3, 0.4) is 0 Å². The van der Waals surface area contributed by atoms with Crippen molar-refractivity contribution < 1.29 is 23.1 Å². The van der Waals surface area contributed by atoms with E-state index in [9.17, 15) is 18.0 Å². The van der Waals surface area contributed by atoms with E-state index in [-0.39, 0.29) is 5.69 Å². The van der Waals surface area contributed by atoms with Crippen LogP contribution in [0, 0.1) is 0 Å². The van der Waals surface area contributed by atoms with Gasteiger partial charge in [-0.2, -0.15) is 13.2 Å². The molecule has 0 fully saturated rings. The number of halogens is 3. The molecule has 18 heavy (non-hydrogen) atoms. The second-order valence-corrected chi connectivity index (χ2v) is 3.92. The van der Waals surface area contributed by atoms with Gasteiger partial charge in [0.2, 0.25) is 0 Å². The van der Waals surface area contributed by atoms with Crippen LogP contribution in [0.15, 0.2) is 24.3 Å². The van der Waals surface area contributed by atoms with Crippen LogP contribution in [0.4, 0.5) is 18.9 Å². The summed E-state index contributed by atoms with van der Waals surface area (Å²) < 4.78 is 37.6. The Balaban J connectivity index is 3.06. The monoisotopic (exact) mass is 261 g/mol.